The number of benzene rings is 2. The highest BCUT2D eigenvalue weighted by Gasteiger charge is 2.10. The fourth-order valence-electron chi connectivity index (χ4n) is 2.36. The van der Waals surface area contributed by atoms with Crippen LogP contribution in [-0.2, 0) is 16.1 Å². The van der Waals surface area contributed by atoms with Crippen molar-refractivity contribution >= 4 is 28.5 Å². The molecule has 0 fully saturated rings. The molecule has 25 heavy (non-hydrogen) atoms. The molecule has 2 aromatic carbocycles. The van der Waals surface area contributed by atoms with Crippen LogP contribution < -0.4 is 15.6 Å². The molecule has 1 aromatic heterocycles. The van der Waals surface area contributed by atoms with E-state index < -0.39 is 5.97 Å². The molecule has 3 aromatic rings. The molecule has 0 aliphatic heterocycles. The van der Waals surface area contributed by atoms with Crippen LogP contribution in [0.4, 0.5) is 5.69 Å². The normalized spacial score (nSPS) is 10.4. The molecule has 0 spiro atoms. The first kappa shape index (κ1) is 16.4. The van der Waals surface area contributed by atoms with E-state index in [1.807, 2.05) is 0 Å². The number of carbonyl (C=O) groups is 2. The van der Waals surface area contributed by atoms with Crippen LogP contribution in [0.15, 0.2) is 59.7 Å². The molecule has 0 saturated heterocycles. The lowest BCUT2D eigenvalue weighted by molar-refractivity contribution is -0.135. The van der Waals surface area contributed by atoms with Crippen molar-refractivity contribution in [2.45, 2.75) is 13.5 Å². The summed E-state index contributed by atoms with van der Waals surface area (Å²) < 4.78 is 6.43. The second kappa shape index (κ2) is 6.96. The number of anilines is 1. The van der Waals surface area contributed by atoms with Crippen LogP contribution in [0.1, 0.15) is 6.92 Å². The minimum Gasteiger partial charge on any atom is -0.425 e. The molecule has 0 bridgehead atoms. The molecule has 0 aliphatic carbocycles. The zero-order chi connectivity index (χ0) is 17.8. The summed E-state index contributed by atoms with van der Waals surface area (Å²) in [6, 6.07) is 13.4. The number of aromatic nitrogens is 2. The highest BCUT2D eigenvalue weighted by Crippen LogP contribution is 2.17. The molecular formula is C18H15N3O4. The smallest absolute Gasteiger partial charge is 0.331 e. The number of nitrogens with zero attached hydrogens (tertiary/aromatic N) is 2. The van der Waals surface area contributed by atoms with Gasteiger partial charge >= 0.3 is 5.97 Å². The van der Waals surface area contributed by atoms with Gasteiger partial charge in [0.05, 0.1) is 17.2 Å². The van der Waals surface area contributed by atoms with Gasteiger partial charge in [0, 0.05) is 18.7 Å². The fraction of sp³-hybridized carbons (Fsp3) is 0.111. The minimum atomic E-state index is -0.612. The predicted octanol–water partition coefficient (Wildman–Crippen LogP) is 1.96. The maximum atomic E-state index is 12.4. The molecular weight excluding hydrogens is 322 g/mol. The maximum Gasteiger partial charge on any atom is 0.331 e. The Bertz CT molecular complexity index is 1010. The molecule has 1 amide bonds. The Morgan fingerprint density at radius 1 is 1.16 bits per heavy atom. The van der Waals surface area contributed by atoms with Gasteiger partial charge < -0.3 is 10.1 Å². The Labute approximate surface area is 142 Å². The highest BCUT2D eigenvalue weighted by molar-refractivity contribution is 5.89. The van der Waals surface area contributed by atoms with Crippen LogP contribution in [0.3, 0.4) is 0 Å². The van der Waals surface area contributed by atoms with Crippen LogP contribution in [0, 0.1) is 0 Å². The average molecular weight is 337 g/mol. The number of carbonyl (C=O) groups excluding carboxylic acids is 2. The van der Waals surface area contributed by atoms with Crippen LogP contribution >= 0.6 is 0 Å². The van der Waals surface area contributed by atoms with Gasteiger partial charge in [-0.3, -0.25) is 14.2 Å². The molecule has 0 saturated carbocycles. The van der Waals surface area contributed by atoms with E-state index >= 15 is 0 Å². The van der Waals surface area contributed by atoms with Crippen molar-refractivity contribution in [3.8, 4) is 5.75 Å². The Kier molecular flexibility index (Phi) is 4.56. The van der Waals surface area contributed by atoms with Crippen molar-refractivity contribution in [2.75, 3.05) is 5.32 Å². The van der Waals surface area contributed by atoms with E-state index in [0.29, 0.717) is 16.6 Å². The molecule has 0 aliphatic rings. The van der Waals surface area contributed by atoms with E-state index in [9.17, 15) is 14.4 Å². The van der Waals surface area contributed by atoms with Crippen LogP contribution in [0.5, 0.6) is 5.75 Å². The predicted molar refractivity (Wildman–Crippen MR) is 92.4 cm³/mol. The topological polar surface area (TPSA) is 90.3 Å². The first-order valence-electron chi connectivity index (χ1n) is 7.55. The average Bonchev–Trinajstić information content (AvgIpc) is 2.57. The quantitative estimate of drug-likeness (QED) is 0.580. The van der Waals surface area contributed by atoms with Gasteiger partial charge in [0.2, 0.25) is 5.91 Å². The van der Waals surface area contributed by atoms with Gasteiger partial charge in [0.1, 0.15) is 12.3 Å². The van der Waals surface area contributed by atoms with E-state index in [-0.39, 0.29) is 23.8 Å². The Morgan fingerprint density at radius 2 is 1.96 bits per heavy atom. The van der Waals surface area contributed by atoms with Gasteiger partial charge in [0.25, 0.3) is 5.56 Å². The standard InChI is InChI=1S/C18H15N3O4/c1-12(22)20-13-5-4-6-14(9-13)25-17(23)10-21-11-19-16-8-3-2-7-15(16)18(21)24/h2-9,11H,10H2,1H3,(H,20,22). The Hall–Kier alpha value is -3.48. The summed E-state index contributed by atoms with van der Waals surface area (Å²) in [5, 5.41) is 3.04. The van der Waals surface area contributed by atoms with E-state index in [2.05, 4.69) is 10.3 Å². The van der Waals surface area contributed by atoms with E-state index in [0.717, 1.165) is 0 Å². The van der Waals surface area contributed by atoms with Crippen LogP contribution in [-0.4, -0.2) is 21.4 Å². The number of hydrogen-bond acceptors (Lipinski definition) is 5. The first-order valence-corrected chi connectivity index (χ1v) is 7.55. The summed E-state index contributed by atoms with van der Waals surface area (Å²) in [5.74, 6) is -0.561. The minimum absolute atomic E-state index is 0.225. The zero-order valence-electron chi connectivity index (χ0n) is 13.4. The second-order valence-electron chi connectivity index (χ2n) is 5.38. The summed E-state index contributed by atoms with van der Waals surface area (Å²) in [7, 11) is 0. The van der Waals surface area contributed by atoms with Crippen molar-refractivity contribution in [3.63, 3.8) is 0 Å². The number of esters is 1. The van der Waals surface area contributed by atoms with E-state index in [4.69, 9.17) is 4.74 Å². The molecule has 3 rings (SSSR count). The van der Waals surface area contributed by atoms with Gasteiger partial charge in [-0.15, -0.1) is 0 Å². The van der Waals surface area contributed by atoms with Crippen LogP contribution in [0.25, 0.3) is 10.9 Å². The van der Waals surface area contributed by atoms with Gasteiger partial charge in [-0.25, -0.2) is 9.78 Å². The van der Waals surface area contributed by atoms with Crippen molar-refractivity contribution in [3.05, 3.63) is 65.2 Å². The fourth-order valence-corrected chi connectivity index (χ4v) is 2.36. The largest absolute Gasteiger partial charge is 0.425 e. The molecule has 1 heterocycles. The van der Waals surface area contributed by atoms with E-state index in [1.165, 1.54) is 23.9 Å². The number of hydrogen-bond donors (Lipinski definition) is 1. The first-order chi connectivity index (χ1) is 12.0. The zero-order valence-corrected chi connectivity index (χ0v) is 13.4. The van der Waals surface area contributed by atoms with Crippen molar-refractivity contribution in [1.29, 1.82) is 0 Å². The number of ether oxygens (including phenoxy) is 1. The highest BCUT2D eigenvalue weighted by atomic mass is 16.5. The van der Waals surface area contributed by atoms with Gasteiger partial charge in [-0.1, -0.05) is 18.2 Å². The summed E-state index contributed by atoms with van der Waals surface area (Å²) in [6.45, 7) is 1.12. The number of fused-ring (bicyclic) bond motifs is 1. The van der Waals surface area contributed by atoms with Gasteiger partial charge in [0.15, 0.2) is 0 Å². The molecule has 7 heteroatoms. The summed E-state index contributed by atoms with van der Waals surface area (Å²) in [4.78, 5) is 39.7. The number of amides is 1. The third-order valence-corrected chi connectivity index (χ3v) is 3.42. The van der Waals surface area contributed by atoms with Crippen molar-refractivity contribution < 1.29 is 14.3 Å². The summed E-state index contributed by atoms with van der Waals surface area (Å²) in [6.07, 6.45) is 1.32. The number of rotatable bonds is 4. The molecule has 0 radical (unpaired) electrons. The molecule has 0 atom stereocenters. The third kappa shape index (κ3) is 3.89. The molecule has 1 N–H and O–H groups in total. The van der Waals surface area contributed by atoms with Crippen molar-refractivity contribution in [2.24, 2.45) is 0 Å². The lowest BCUT2D eigenvalue weighted by atomic mass is 10.2. The number of para-hydroxylation sites is 1. The molecule has 0 unspecified atom stereocenters. The van der Waals surface area contributed by atoms with Gasteiger partial charge in [-0.2, -0.15) is 0 Å². The van der Waals surface area contributed by atoms with Crippen LogP contribution in [0.2, 0.25) is 0 Å². The summed E-state index contributed by atoms with van der Waals surface area (Å²) >= 11 is 0. The number of nitrogens with one attached hydrogen (secondary N) is 1. The lowest BCUT2D eigenvalue weighted by Gasteiger charge is -2.08. The van der Waals surface area contributed by atoms with Gasteiger partial charge in [-0.05, 0) is 24.3 Å². The third-order valence-electron chi connectivity index (χ3n) is 3.42. The monoisotopic (exact) mass is 337 g/mol. The Morgan fingerprint density at radius 3 is 2.76 bits per heavy atom. The lowest BCUT2D eigenvalue weighted by Crippen LogP contribution is -2.26. The Balaban J connectivity index is 1.76. The van der Waals surface area contributed by atoms with Crippen molar-refractivity contribution in [1.82, 2.24) is 9.55 Å². The summed E-state index contributed by atoms with van der Waals surface area (Å²) in [5.41, 5.74) is 0.775. The van der Waals surface area contributed by atoms with E-state index in [1.54, 1.807) is 42.5 Å². The second-order valence-corrected chi connectivity index (χ2v) is 5.38. The maximum absolute atomic E-state index is 12.4. The SMILES string of the molecule is CC(=O)Nc1cccc(OC(=O)Cn2cnc3ccccc3c2=O)c1. The molecule has 126 valence electrons. The molecule has 7 nitrogen and oxygen atoms in total.